The highest BCUT2D eigenvalue weighted by Crippen LogP contribution is 2.41. The van der Waals surface area contributed by atoms with Crippen molar-refractivity contribution in [2.45, 2.75) is 63.5 Å². The van der Waals surface area contributed by atoms with Crippen molar-refractivity contribution in [3.8, 4) is 0 Å². The van der Waals surface area contributed by atoms with Crippen LogP contribution >= 0.6 is 0 Å². The third-order valence-corrected chi connectivity index (χ3v) is 5.60. The van der Waals surface area contributed by atoms with Crippen LogP contribution in [0.3, 0.4) is 0 Å². The number of hydrogen-bond donors (Lipinski definition) is 3. The summed E-state index contributed by atoms with van der Waals surface area (Å²) in [6.45, 7) is 0.511. The van der Waals surface area contributed by atoms with Crippen LogP contribution in [0.15, 0.2) is 29.3 Å². The maximum Gasteiger partial charge on any atom is 0.188 e. The zero-order valence-electron chi connectivity index (χ0n) is 14.2. The van der Waals surface area contributed by atoms with Gasteiger partial charge in [0.05, 0.1) is 12.6 Å². The summed E-state index contributed by atoms with van der Waals surface area (Å²) in [5, 5.41) is 13.9. The zero-order chi connectivity index (χ0) is 17.0. The van der Waals surface area contributed by atoms with Crippen LogP contribution in [0, 0.1) is 11.2 Å². The lowest BCUT2D eigenvalue weighted by molar-refractivity contribution is 0.0591. The molecule has 0 radical (unpaired) electrons. The molecule has 0 saturated heterocycles. The quantitative estimate of drug-likeness (QED) is 0.573. The summed E-state index contributed by atoms with van der Waals surface area (Å²) < 4.78 is 13.1. The average molecular weight is 333 g/mol. The second-order valence-electron chi connectivity index (χ2n) is 7.40. The SMILES string of the molecule is NC(=NCC1(Cc2ccc(F)cc2)CCCC1O)NC1CCCC1. The lowest BCUT2D eigenvalue weighted by atomic mass is 9.78. The third kappa shape index (κ3) is 4.07. The molecule has 2 aliphatic rings. The molecule has 1 aromatic carbocycles. The average Bonchev–Trinajstić information content (AvgIpc) is 3.19. The summed E-state index contributed by atoms with van der Waals surface area (Å²) in [6.07, 6.45) is 7.83. The van der Waals surface area contributed by atoms with Gasteiger partial charge in [-0.25, -0.2) is 4.39 Å². The van der Waals surface area contributed by atoms with Gasteiger partial charge in [0, 0.05) is 11.5 Å². The van der Waals surface area contributed by atoms with Crippen molar-refractivity contribution in [1.82, 2.24) is 5.32 Å². The van der Waals surface area contributed by atoms with Crippen molar-refractivity contribution in [2.24, 2.45) is 16.1 Å². The van der Waals surface area contributed by atoms with Gasteiger partial charge in [0.25, 0.3) is 0 Å². The maximum atomic E-state index is 13.1. The van der Waals surface area contributed by atoms with Crippen LogP contribution in [0.5, 0.6) is 0 Å². The molecule has 132 valence electrons. The zero-order valence-corrected chi connectivity index (χ0v) is 14.2. The first-order chi connectivity index (χ1) is 11.6. The third-order valence-electron chi connectivity index (χ3n) is 5.60. The number of halogens is 1. The molecule has 4 N–H and O–H groups in total. The largest absolute Gasteiger partial charge is 0.392 e. The van der Waals surface area contributed by atoms with Gasteiger partial charge >= 0.3 is 0 Å². The molecule has 0 amide bonds. The summed E-state index contributed by atoms with van der Waals surface area (Å²) in [4.78, 5) is 4.56. The van der Waals surface area contributed by atoms with E-state index in [0.29, 0.717) is 25.0 Å². The van der Waals surface area contributed by atoms with Crippen LogP contribution in [0.2, 0.25) is 0 Å². The Kier molecular flexibility index (Phi) is 5.39. The second kappa shape index (κ2) is 7.51. The predicted octanol–water partition coefficient (Wildman–Crippen LogP) is 2.75. The highest BCUT2D eigenvalue weighted by molar-refractivity contribution is 5.78. The van der Waals surface area contributed by atoms with E-state index in [1.807, 2.05) is 0 Å². The Morgan fingerprint density at radius 2 is 1.92 bits per heavy atom. The normalized spacial score (nSPS) is 28.4. The number of aliphatic imine (C=N–C) groups is 1. The van der Waals surface area contributed by atoms with E-state index in [1.165, 1.54) is 25.0 Å². The van der Waals surface area contributed by atoms with Gasteiger partial charge in [-0.3, -0.25) is 4.99 Å². The predicted molar refractivity (Wildman–Crippen MR) is 94.3 cm³/mol. The molecular formula is C19H28FN3O. The molecule has 0 spiro atoms. The number of guanidine groups is 1. The minimum Gasteiger partial charge on any atom is -0.392 e. The van der Waals surface area contributed by atoms with E-state index in [0.717, 1.165) is 37.7 Å². The fourth-order valence-corrected chi connectivity index (χ4v) is 4.14. The molecule has 2 aliphatic carbocycles. The standard InChI is InChI=1S/C19H28FN3O/c20-15-9-7-14(8-10-15)12-19(11-3-6-17(19)24)13-22-18(21)23-16-4-1-2-5-16/h7-10,16-17,24H,1-6,11-13H2,(H3,21,22,23). The Bertz CT molecular complexity index is 568. The summed E-state index contributed by atoms with van der Waals surface area (Å²) in [7, 11) is 0. The van der Waals surface area contributed by atoms with Gasteiger partial charge < -0.3 is 16.2 Å². The smallest absolute Gasteiger partial charge is 0.188 e. The Balaban J connectivity index is 1.67. The first-order valence-corrected chi connectivity index (χ1v) is 9.06. The number of hydrogen-bond acceptors (Lipinski definition) is 2. The van der Waals surface area contributed by atoms with E-state index in [1.54, 1.807) is 12.1 Å². The summed E-state index contributed by atoms with van der Waals surface area (Å²) >= 11 is 0. The molecule has 4 nitrogen and oxygen atoms in total. The molecule has 2 unspecified atom stereocenters. The van der Waals surface area contributed by atoms with E-state index >= 15 is 0 Å². The first kappa shape index (κ1) is 17.2. The van der Waals surface area contributed by atoms with Gasteiger partial charge in [-0.2, -0.15) is 0 Å². The van der Waals surface area contributed by atoms with Gasteiger partial charge in [0.15, 0.2) is 5.96 Å². The van der Waals surface area contributed by atoms with Crippen LogP contribution in [0.25, 0.3) is 0 Å². The Morgan fingerprint density at radius 3 is 2.54 bits per heavy atom. The van der Waals surface area contributed by atoms with E-state index in [2.05, 4.69) is 10.3 Å². The minimum absolute atomic E-state index is 0.234. The van der Waals surface area contributed by atoms with E-state index in [-0.39, 0.29) is 17.3 Å². The number of nitrogens with one attached hydrogen (secondary N) is 1. The van der Waals surface area contributed by atoms with E-state index in [4.69, 9.17) is 5.73 Å². The number of aliphatic hydroxyl groups is 1. The van der Waals surface area contributed by atoms with Crippen molar-refractivity contribution in [3.05, 3.63) is 35.6 Å². The monoisotopic (exact) mass is 333 g/mol. The molecule has 0 bridgehead atoms. The molecule has 2 atom stereocenters. The molecule has 24 heavy (non-hydrogen) atoms. The molecule has 0 aromatic heterocycles. The molecule has 3 rings (SSSR count). The lowest BCUT2D eigenvalue weighted by Gasteiger charge is -2.31. The van der Waals surface area contributed by atoms with E-state index < -0.39 is 0 Å². The minimum atomic E-state index is -0.384. The van der Waals surface area contributed by atoms with Gasteiger partial charge in [0.1, 0.15) is 5.82 Å². The fraction of sp³-hybridized carbons (Fsp3) is 0.632. The topological polar surface area (TPSA) is 70.6 Å². The highest BCUT2D eigenvalue weighted by Gasteiger charge is 2.42. The van der Waals surface area contributed by atoms with Gasteiger partial charge in [-0.1, -0.05) is 31.4 Å². The number of benzene rings is 1. The van der Waals surface area contributed by atoms with Crippen molar-refractivity contribution in [2.75, 3.05) is 6.54 Å². The van der Waals surface area contributed by atoms with Crippen molar-refractivity contribution in [1.29, 1.82) is 0 Å². The van der Waals surface area contributed by atoms with Crippen LogP contribution < -0.4 is 11.1 Å². The molecule has 2 saturated carbocycles. The fourth-order valence-electron chi connectivity index (χ4n) is 4.14. The van der Waals surface area contributed by atoms with Crippen LogP contribution in [-0.2, 0) is 6.42 Å². The van der Waals surface area contributed by atoms with E-state index in [9.17, 15) is 9.50 Å². The highest BCUT2D eigenvalue weighted by atomic mass is 19.1. The molecular weight excluding hydrogens is 305 g/mol. The Hall–Kier alpha value is -1.62. The number of aliphatic hydroxyl groups excluding tert-OH is 1. The van der Waals surface area contributed by atoms with Crippen molar-refractivity contribution >= 4 is 5.96 Å². The molecule has 0 heterocycles. The molecule has 0 aliphatic heterocycles. The lowest BCUT2D eigenvalue weighted by Crippen LogP contribution is -2.41. The van der Waals surface area contributed by atoms with Crippen LogP contribution in [-0.4, -0.2) is 29.8 Å². The second-order valence-corrected chi connectivity index (χ2v) is 7.40. The van der Waals surface area contributed by atoms with Gasteiger partial charge in [-0.15, -0.1) is 0 Å². The van der Waals surface area contributed by atoms with Crippen LogP contribution in [0.4, 0.5) is 4.39 Å². The number of nitrogens with zero attached hydrogens (tertiary/aromatic N) is 1. The van der Waals surface area contributed by atoms with Gasteiger partial charge in [0.2, 0.25) is 0 Å². The molecule has 5 heteroatoms. The van der Waals surface area contributed by atoms with Crippen molar-refractivity contribution in [3.63, 3.8) is 0 Å². The maximum absolute atomic E-state index is 13.1. The molecule has 2 fully saturated rings. The summed E-state index contributed by atoms with van der Waals surface area (Å²) in [5.74, 6) is 0.252. The van der Waals surface area contributed by atoms with Crippen molar-refractivity contribution < 1.29 is 9.50 Å². The summed E-state index contributed by atoms with van der Waals surface area (Å²) in [5.41, 5.74) is 6.80. The summed E-state index contributed by atoms with van der Waals surface area (Å²) in [6, 6.07) is 6.99. The Labute approximate surface area is 143 Å². The first-order valence-electron chi connectivity index (χ1n) is 9.06. The molecule has 1 aromatic rings. The Morgan fingerprint density at radius 1 is 1.21 bits per heavy atom. The number of rotatable bonds is 5. The van der Waals surface area contributed by atoms with Crippen LogP contribution in [0.1, 0.15) is 50.5 Å². The van der Waals surface area contributed by atoms with Gasteiger partial charge in [-0.05, 0) is 49.8 Å². The number of nitrogens with two attached hydrogens (primary N) is 1.